The van der Waals surface area contributed by atoms with E-state index in [2.05, 4.69) is 10.2 Å². The molecule has 2 aromatic rings. The number of piperidine rings is 1. The van der Waals surface area contributed by atoms with Crippen molar-refractivity contribution in [3.05, 3.63) is 35.0 Å². The lowest BCUT2D eigenvalue weighted by atomic mass is 9.88. The monoisotopic (exact) mass is 383 g/mol. The van der Waals surface area contributed by atoms with Crippen molar-refractivity contribution in [1.82, 2.24) is 15.1 Å². The Morgan fingerprint density at radius 1 is 1.25 bits per heavy atom. The number of rotatable bonds is 4. The van der Waals surface area contributed by atoms with Gasteiger partial charge in [0.25, 0.3) is 5.91 Å². The molecule has 0 bridgehead atoms. The number of carbonyl (C=O) groups excluding carboxylic acids is 2. The maximum Gasteiger partial charge on any atom is 0.309 e. The first kappa shape index (κ1) is 18.5. The predicted molar refractivity (Wildman–Crippen MR) is 103 cm³/mol. The number of nitrogens with zero attached hydrogens (tertiary/aromatic N) is 2. The fourth-order valence-electron chi connectivity index (χ4n) is 4.14. The molecule has 1 fully saturated rings. The number of esters is 1. The van der Waals surface area contributed by atoms with Crippen molar-refractivity contribution in [3.8, 4) is 17.0 Å². The molecule has 1 amide bonds. The second kappa shape index (κ2) is 7.66. The Bertz CT molecular complexity index is 897. The third-order valence-corrected chi connectivity index (χ3v) is 5.69. The van der Waals surface area contributed by atoms with Crippen molar-refractivity contribution in [3.63, 3.8) is 0 Å². The normalized spacial score (nSPS) is 16.3. The van der Waals surface area contributed by atoms with Gasteiger partial charge in [-0.2, -0.15) is 5.10 Å². The van der Waals surface area contributed by atoms with Crippen LogP contribution in [-0.4, -0.2) is 53.8 Å². The van der Waals surface area contributed by atoms with Gasteiger partial charge in [0, 0.05) is 24.2 Å². The number of aromatic amines is 1. The molecule has 4 rings (SSSR count). The van der Waals surface area contributed by atoms with Crippen molar-refractivity contribution < 1.29 is 19.1 Å². The minimum Gasteiger partial charge on any atom is -0.497 e. The van der Waals surface area contributed by atoms with E-state index in [0.717, 1.165) is 35.4 Å². The molecule has 1 aromatic carbocycles. The summed E-state index contributed by atoms with van der Waals surface area (Å²) in [6, 6.07) is 5.96. The molecule has 0 spiro atoms. The predicted octanol–water partition coefficient (Wildman–Crippen LogP) is 2.60. The number of hydrogen-bond donors (Lipinski definition) is 1. The summed E-state index contributed by atoms with van der Waals surface area (Å²) in [6.45, 7) is 3.32. The zero-order valence-corrected chi connectivity index (χ0v) is 16.3. The van der Waals surface area contributed by atoms with E-state index >= 15 is 0 Å². The highest BCUT2D eigenvalue weighted by atomic mass is 16.5. The molecule has 0 saturated carbocycles. The molecule has 1 aromatic heterocycles. The van der Waals surface area contributed by atoms with Gasteiger partial charge in [-0.3, -0.25) is 14.7 Å². The number of likely N-dealkylation sites (tertiary alicyclic amines) is 1. The van der Waals surface area contributed by atoms with Gasteiger partial charge in [-0.25, -0.2) is 0 Å². The van der Waals surface area contributed by atoms with Crippen LogP contribution in [0.5, 0.6) is 5.75 Å². The largest absolute Gasteiger partial charge is 0.497 e. The van der Waals surface area contributed by atoms with Crippen LogP contribution < -0.4 is 4.74 Å². The van der Waals surface area contributed by atoms with Gasteiger partial charge >= 0.3 is 5.97 Å². The third kappa shape index (κ3) is 3.25. The molecule has 148 valence electrons. The molecule has 1 saturated heterocycles. The van der Waals surface area contributed by atoms with Gasteiger partial charge in [0.05, 0.1) is 25.3 Å². The number of methoxy groups -OCH3 is 1. The van der Waals surface area contributed by atoms with Crippen LogP contribution in [0.15, 0.2) is 18.2 Å². The van der Waals surface area contributed by atoms with Gasteiger partial charge in [-0.15, -0.1) is 0 Å². The first-order valence-corrected chi connectivity index (χ1v) is 9.82. The number of benzene rings is 1. The average molecular weight is 383 g/mol. The number of aromatic nitrogens is 2. The van der Waals surface area contributed by atoms with Crippen molar-refractivity contribution in [2.75, 3.05) is 26.8 Å². The molecule has 1 N–H and O–H groups in total. The van der Waals surface area contributed by atoms with Crippen molar-refractivity contribution >= 4 is 11.9 Å². The summed E-state index contributed by atoms with van der Waals surface area (Å²) < 4.78 is 10.4. The highest BCUT2D eigenvalue weighted by Gasteiger charge is 2.32. The Labute approximate surface area is 164 Å². The number of ether oxygens (including phenoxy) is 2. The molecule has 1 aliphatic carbocycles. The van der Waals surface area contributed by atoms with Crippen molar-refractivity contribution in [2.45, 2.75) is 32.6 Å². The molecule has 7 nitrogen and oxygen atoms in total. The first-order chi connectivity index (χ1) is 13.6. The number of hydrogen-bond acceptors (Lipinski definition) is 5. The van der Waals surface area contributed by atoms with Crippen LogP contribution in [0.1, 0.15) is 41.4 Å². The van der Waals surface area contributed by atoms with E-state index in [1.54, 1.807) is 7.11 Å². The highest BCUT2D eigenvalue weighted by Crippen LogP contribution is 2.36. The SMILES string of the molecule is CCOC(=O)C1CCN(C(=O)c2[nH]nc3c2CCc2cc(OC)ccc2-3)CC1. The fraction of sp³-hybridized carbons (Fsp3) is 0.476. The van der Waals surface area contributed by atoms with Crippen LogP contribution >= 0.6 is 0 Å². The van der Waals surface area contributed by atoms with Gasteiger partial charge in [-0.1, -0.05) is 0 Å². The lowest BCUT2D eigenvalue weighted by Crippen LogP contribution is -2.41. The van der Waals surface area contributed by atoms with Gasteiger partial charge in [-0.05, 0) is 56.4 Å². The van der Waals surface area contributed by atoms with Crippen LogP contribution in [0.25, 0.3) is 11.3 Å². The summed E-state index contributed by atoms with van der Waals surface area (Å²) in [5.41, 5.74) is 4.65. The van der Waals surface area contributed by atoms with Crippen LogP contribution in [0, 0.1) is 5.92 Å². The molecule has 0 radical (unpaired) electrons. The standard InChI is InChI=1S/C21H25N3O4/c1-3-28-21(26)13-8-10-24(11-9-13)20(25)19-17-6-4-14-12-15(27-2)5-7-16(14)18(17)22-23-19/h5,7,12-13H,3-4,6,8-11H2,1-2H3,(H,22,23). The van der Waals surface area contributed by atoms with Gasteiger partial charge in [0.1, 0.15) is 11.4 Å². The van der Waals surface area contributed by atoms with Crippen LogP contribution in [0.2, 0.25) is 0 Å². The van der Waals surface area contributed by atoms with E-state index < -0.39 is 0 Å². The zero-order valence-electron chi connectivity index (χ0n) is 16.3. The van der Waals surface area contributed by atoms with Crippen LogP contribution in [0.4, 0.5) is 0 Å². The minimum absolute atomic E-state index is 0.0342. The van der Waals surface area contributed by atoms with Crippen LogP contribution in [0.3, 0.4) is 0 Å². The molecule has 1 aliphatic heterocycles. The van der Waals surface area contributed by atoms with Gasteiger partial charge < -0.3 is 14.4 Å². The maximum atomic E-state index is 13.1. The second-order valence-electron chi connectivity index (χ2n) is 7.27. The maximum absolute atomic E-state index is 13.1. The third-order valence-electron chi connectivity index (χ3n) is 5.69. The second-order valence-corrected chi connectivity index (χ2v) is 7.27. The number of amides is 1. The lowest BCUT2D eigenvalue weighted by Gasteiger charge is -2.31. The molecule has 7 heteroatoms. The highest BCUT2D eigenvalue weighted by molar-refractivity contribution is 5.96. The number of aryl methyl sites for hydroxylation is 1. The molecule has 0 atom stereocenters. The smallest absolute Gasteiger partial charge is 0.309 e. The summed E-state index contributed by atoms with van der Waals surface area (Å²) in [6.07, 6.45) is 2.91. The van der Waals surface area contributed by atoms with E-state index in [-0.39, 0.29) is 17.8 Å². The van der Waals surface area contributed by atoms with E-state index in [0.29, 0.717) is 38.2 Å². The summed E-state index contributed by atoms with van der Waals surface area (Å²) in [4.78, 5) is 26.8. The summed E-state index contributed by atoms with van der Waals surface area (Å²) >= 11 is 0. The van der Waals surface area contributed by atoms with Crippen molar-refractivity contribution in [2.24, 2.45) is 5.92 Å². The Kier molecular flexibility index (Phi) is 5.07. The van der Waals surface area contributed by atoms with Gasteiger partial charge in [0.15, 0.2) is 0 Å². The molecule has 0 unspecified atom stereocenters. The number of carbonyl (C=O) groups is 2. The number of nitrogens with one attached hydrogen (secondary N) is 1. The van der Waals surface area contributed by atoms with Crippen LogP contribution in [-0.2, 0) is 22.4 Å². The van der Waals surface area contributed by atoms with E-state index in [1.165, 1.54) is 5.56 Å². The Morgan fingerprint density at radius 2 is 2.04 bits per heavy atom. The Morgan fingerprint density at radius 3 is 2.75 bits per heavy atom. The average Bonchev–Trinajstić information content (AvgIpc) is 3.17. The molecule has 28 heavy (non-hydrogen) atoms. The molecular formula is C21H25N3O4. The molecular weight excluding hydrogens is 358 g/mol. The minimum atomic E-state index is -0.152. The topological polar surface area (TPSA) is 84.5 Å². The summed E-state index contributed by atoms with van der Waals surface area (Å²) in [5, 5.41) is 7.42. The zero-order chi connectivity index (χ0) is 19.7. The Balaban J connectivity index is 1.50. The number of fused-ring (bicyclic) bond motifs is 3. The quantitative estimate of drug-likeness (QED) is 0.821. The molecule has 2 aliphatic rings. The number of H-pyrrole nitrogens is 1. The van der Waals surface area contributed by atoms with Crippen molar-refractivity contribution in [1.29, 1.82) is 0 Å². The molecule has 2 heterocycles. The van der Waals surface area contributed by atoms with E-state index in [4.69, 9.17) is 9.47 Å². The first-order valence-electron chi connectivity index (χ1n) is 9.82. The fourth-order valence-corrected chi connectivity index (χ4v) is 4.14. The summed E-state index contributed by atoms with van der Waals surface area (Å²) in [5.74, 6) is 0.536. The van der Waals surface area contributed by atoms with Gasteiger partial charge in [0.2, 0.25) is 0 Å². The van der Waals surface area contributed by atoms with E-state index in [1.807, 2.05) is 30.0 Å². The summed E-state index contributed by atoms with van der Waals surface area (Å²) in [7, 11) is 1.66. The lowest BCUT2D eigenvalue weighted by molar-refractivity contribution is -0.149. The van der Waals surface area contributed by atoms with E-state index in [9.17, 15) is 9.59 Å². The Hall–Kier alpha value is -2.83.